The van der Waals surface area contributed by atoms with Crippen LogP contribution in [-0.4, -0.2) is 25.2 Å². The monoisotopic (exact) mass is 312 g/mol. The molecule has 126 valence electrons. The Morgan fingerprint density at radius 3 is 2.43 bits per heavy atom. The Hall–Kier alpha value is -1.80. The van der Waals surface area contributed by atoms with Crippen LogP contribution in [-0.2, 0) is 0 Å². The summed E-state index contributed by atoms with van der Waals surface area (Å²) in [7, 11) is 0. The number of benzene rings is 2. The van der Waals surface area contributed by atoms with Crippen molar-refractivity contribution in [3.8, 4) is 0 Å². The predicted molar refractivity (Wildman–Crippen MR) is 105 cm³/mol. The average molecular weight is 313 g/mol. The predicted octanol–water partition coefficient (Wildman–Crippen LogP) is 5.24. The number of hydrogen-bond donors (Lipinski definition) is 1. The normalized spacial score (nSPS) is 23.7. The van der Waals surface area contributed by atoms with E-state index in [1.165, 1.54) is 16.5 Å². The van der Waals surface area contributed by atoms with E-state index in [0.29, 0.717) is 12.1 Å². The van der Waals surface area contributed by atoms with E-state index in [1.54, 1.807) is 0 Å². The van der Waals surface area contributed by atoms with Crippen molar-refractivity contribution in [3.63, 3.8) is 0 Å². The largest absolute Gasteiger partial charge is 0.365 e. The van der Waals surface area contributed by atoms with Gasteiger partial charge in [-0.1, -0.05) is 64.8 Å². The number of anilines is 1. The van der Waals surface area contributed by atoms with Crippen LogP contribution in [0.3, 0.4) is 0 Å². The zero-order valence-electron chi connectivity index (χ0n) is 11.6. The summed E-state index contributed by atoms with van der Waals surface area (Å²) in [5.41, 5.74) is 1.37. The molecule has 1 saturated heterocycles. The van der Waals surface area contributed by atoms with Gasteiger partial charge < -0.3 is 10.2 Å². The van der Waals surface area contributed by atoms with E-state index in [2.05, 4.69) is 64.8 Å². The third-order valence-electron chi connectivity index (χ3n) is 4.56. The zero-order valence-corrected chi connectivity index (χ0v) is 11.6. The molecule has 1 fully saturated rings. The van der Waals surface area contributed by atoms with E-state index in [4.69, 9.17) is 0 Å². The first-order valence-corrected chi connectivity index (χ1v) is 7.54. The van der Waals surface area contributed by atoms with Crippen molar-refractivity contribution >= 4 is 16.5 Å². The molecule has 2 nitrogen and oxygen atoms in total. The van der Waals surface area contributed by atoms with E-state index >= 15 is 0 Å². The minimum absolute atomic E-state index is 0. The van der Waals surface area contributed by atoms with E-state index in [9.17, 15) is 0 Å². The molecular formula is C21H32N2. The molecule has 0 aliphatic carbocycles. The van der Waals surface area contributed by atoms with Crippen molar-refractivity contribution in [2.75, 3.05) is 18.0 Å². The molecule has 2 aromatic rings. The molecule has 1 N–H and O–H groups in total. The first kappa shape index (κ1) is 19.2. The Bertz CT molecular complexity index is 647. The van der Waals surface area contributed by atoms with Gasteiger partial charge in [-0.05, 0) is 35.7 Å². The highest BCUT2D eigenvalue weighted by molar-refractivity contribution is 5.86. The van der Waals surface area contributed by atoms with E-state index < -0.39 is 0 Å². The van der Waals surface area contributed by atoms with Crippen LogP contribution in [0.2, 0.25) is 0 Å². The Kier molecular flexibility index (Phi) is 6.83. The number of rotatable bonds is 1. The maximum atomic E-state index is 3.67. The fraction of sp³-hybridized carbons (Fsp3) is 0.429. The summed E-state index contributed by atoms with van der Waals surface area (Å²) in [6.07, 6.45) is 6.98. The summed E-state index contributed by atoms with van der Waals surface area (Å²) in [5, 5.41) is 6.33. The van der Waals surface area contributed by atoms with Gasteiger partial charge in [-0.25, -0.2) is 0 Å². The van der Waals surface area contributed by atoms with Gasteiger partial charge in [0.1, 0.15) is 0 Å². The summed E-state index contributed by atoms with van der Waals surface area (Å²) in [6.45, 7) is 2.22. The first-order valence-electron chi connectivity index (χ1n) is 7.54. The third kappa shape index (κ3) is 3.76. The van der Waals surface area contributed by atoms with Crippen LogP contribution in [0, 0.1) is 0 Å². The average Bonchev–Trinajstić information content (AvgIpc) is 2.47. The quantitative estimate of drug-likeness (QED) is 0.724. The first-order chi connectivity index (χ1) is 9.90. The van der Waals surface area contributed by atoms with Crippen molar-refractivity contribution in [1.29, 1.82) is 0 Å². The van der Waals surface area contributed by atoms with Crippen LogP contribution in [0.1, 0.15) is 35.1 Å². The van der Waals surface area contributed by atoms with E-state index in [-0.39, 0.29) is 22.3 Å². The number of nitrogens with one attached hydrogen (secondary N) is 1. The Morgan fingerprint density at radius 1 is 0.870 bits per heavy atom. The zero-order chi connectivity index (χ0) is 13.4. The highest BCUT2D eigenvalue weighted by Crippen LogP contribution is 2.27. The summed E-state index contributed by atoms with van der Waals surface area (Å²) < 4.78 is 0. The van der Waals surface area contributed by atoms with Crippen LogP contribution in [0.15, 0.2) is 54.6 Å². The lowest BCUT2D eigenvalue weighted by molar-refractivity contribution is 0.386. The van der Waals surface area contributed by atoms with Gasteiger partial charge in [0.05, 0.1) is 0 Å². The highest BCUT2D eigenvalue weighted by atomic mass is 15.2. The lowest BCUT2D eigenvalue weighted by atomic mass is 9.98. The second-order valence-electron chi connectivity index (χ2n) is 5.89. The second kappa shape index (κ2) is 8.16. The highest BCUT2D eigenvalue weighted by Gasteiger charge is 2.28. The molecule has 2 atom stereocenters. The van der Waals surface area contributed by atoms with Gasteiger partial charge in [-0.15, -0.1) is 0 Å². The SMILES string of the molecule is C.C.C.C1=C\C[C@@H]2CN[C@H](C/1)CN2c1ccc2ccccc2c1. The maximum absolute atomic E-state index is 3.67. The molecule has 23 heavy (non-hydrogen) atoms. The molecule has 0 saturated carbocycles. The van der Waals surface area contributed by atoms with E-state index in [1.807, 2.05) is 0 Å². The van der Waals surface area contributed by atoms with Gasteiger partial charge in [0.2, 0.25) is 0 Å². The van der Waals surface area contributed by atoms with Crippen molar-refractivity contribution in [1.82, 2.24) is 5.32 Å². The molecular weight excluding hydrogens is 280 g/mol. The molecule has 0 spiro atoms. The fourth-order valence-electron chi connectivity index (χ4n) is 3.42. The molecule has 2 heteroatoms. The Balaban J connectivity index is 0.000000882. The van der Waals surface area contributed by atoms with Crippen molar-refractivity contribution in [2.24, 2.45) is 0 Å². The van der Waals surface area contributed by atoms with Gasteiger partial charge >= 0.3 is 0 Å². The Labute approximate surface area is 142 Å². The number of hydrogen-bond acceptors (Lipinski definition) is 2. The van der Waals surface area contributed by atoms with Crippen LogP contribution >= 0.6 is 0 Å². The van der Waals surface area contributed by atoms with Crippen molar-refractivity contribution in [2.45, 2.75) is 47.2 Å². The lowest BCUT2D eigenvalue weighted by Gasteiger charge is -2.42. The molecule has 5 rings (SSSR count). The molecule has 0 aromatic heterocycles. The van der Waals surface area contributed by atoms with Crippen LogP contribution in [0.4, 0.5) is 5.69 Å². The molecule has 3 aliphatic rings. The van der Waals surface area contributed by atoms with Gasteiger partial charge in [0.15, 0.2) is 0 Å². The van der Waals surface area contributed by atoms with Gasteiger partial charge in [0, 0.05) is 30.9 Å². The van der Waals surface area contributed by atoms with Gasteiger partial charge in [0.25, 0.3) is 0 Å². The van der Waals surface area contributed by atoms with E-state index in [0.717, 1.165) is 25.9 Å². The number of fused-ring (bicyclic) bond motifs is 5. The third-order valence-corrected chi connectivity index (χ3v) is 4.56. The molecule has 0 radical (unpaired) electrons. The molecule has 2 aromatic carbocycles. The molecule has 2 bridgehead atoms. The van der Waals surface area contributed by atoms with Crippen molar-refractivity contribution < 1.29 is 0 Å². The number of piperazine rings is 1. The molecule has 0 amide bonds. The summed E-state index contributed by atoms with van der Waals surface area (Å²) in [4.78, 5) is 2.59. The smallest absolute Gasteiger partial charge is 0.0449 e. The minimum atomic E-state index is 0. The topological polar surface area (TPSA) is 15.3 Å². The maximum Gasteiger partial charge on any atom is 0.0449 e. The molecule has 3 aliphatic heterocycles. The van der Waals surface area contributed by atoms with Gasteiger partial charge in [-0.3, -0.25) is 0 Å². The molecule has 3 heterocycles. The minimum Gasteiger partial charge on any atom is -0.365 e. The number of nitrogens with zero attached hydrogens (tertiary/aromatic N) is 1. The fourth-order valence-corrected chi connectivity index (χ4v) is 3.42. The summed E-state index contributed by atoms with van der Waals surface area (Å²) >= 11 is 0. The summed E-state index contributed by atoms with van der Waals surface area (Å²) in [6, 6.07) is 16.7. The Morgan fingerprint density at radius 2 is 1.61 bits per heavy atom. The lowest BCUT2D eigenvalue weighted by Crippen LogP contribution is -2.57. The summed E-state index contributed by atoms with van der Waals surface area (Å²) in [5.74, 6) is 0. The van der Waals surface area contributed by atoms with Crippen molar-refractivity contribution in [3.05, 3.63) is 54.6 Å². The van der Waals surface area contributed by atoms with Crippen LogP contribution < -0.4 is 10.2 Å². The van der Waals surface area contributed by atoms with Crippen LogP contribution in [0.25, 0.3) is 10.8 Å². The standard InChI is InChI=1S/C18H20N2.3CH4/c1-2-6-15-11-17(10-9-14(15)5-1)20-13-16-7-3-4-8-18(20)12-19-16;;;/h1-6,9-11,16,18-19H,7-8,12-13H2;3*1H4/b4-3-;;;/t16-,18-;;;/m1.../s1. The van der Waals surface area contributed by atoms with Crippen LogP contribution in [0.5, 0.6) is 0 Å². The van der Waals surface area contributed by atoms with Gasteiger partial charge in [-0.2, -0.15) is 0 Å². The molecule has 0 unspecified atom stereocenters. The second-order valence-corrected chi connectivity index (χ2v) is 5.89.